The van der Waals surface area contributed by atoms with Gasteiger partial charge in [-0.1, -0.05) is 23.2 Å². The summed E-state index contributed by atoms with van der Waals surface area (Å²) in [6, 6.07) is 1.76. The molecule has 2 rings (SSSR count). The van der Waals surface area contributed by atoms with Gasteiger partial charge in [-0.2, -0.15) is 13.2 Å². The average molecular weight is 369 g/mol. The number of hydrogen-bond acceptors (Lipinski definition) is 4. The molecular formula is C13H9Cl2F3N2O3. The zero-order valence-electron chi connectivity index (χ0n) is 11.2. The van der Waals surface area contributed by atoms with E-state index in [4.69, 9.17) is 28.3 Å². The van der Waals surface area contributed by atoms with E-state index in [2.05, 4.69) is 5.32 Å². The number of anilines is 1. The van der Waals surface area contributed by atoms with E-state index >= 15 is 0 Å². The quantitative estimate of drug-likeness (QED) is 0.801. The number of carbonyl (C=O) groups is 2. The molecule has 0 spiro atoms. The van der Waals surface area contributed by atoms with Crippen molar-refractivity contribution in [3.05, 3.63) is 39.5 Å². The van der Waals surface area contributed by atoms with Crippen molar-refractivity contribution in [2.45, 2.75) is 6.18 Å². The summed E-state index contributed by atoms with van der Waals surface area (Å²) in [6.07, 6.45) is -3.83. The Balaban J connectivity index is 2.35. The van der Waals surface area contributed by atoms with E-state index in [-0.39, 0.29) is 23.0 Å². The Bertz CT molecular complexity index is 704. The molecule has 0 saturated carbocycles. The number of alkyl halides is 3. The van der Waals surface area contributed by atoms with Gasteiger partial charge in [-0.3, -0.25) is 14.5 Å². The molecule has 0 aromatic heterocycles. The maximum absolute atomic E-state index is 12.9. The van der Waals surface area contributed by atoms with Gasteiger partial charge in [0.1, 0.15) is 5.70 Å². The molecule has 1 aromatic rings. The lowest BCUT2D eigenvalue weighted by molar-refractivity contribution is -0.138. The van der Waals surface area contributed by atoms with Crippen LogP contribution >= 0.6 is 23.2 Å². The third kappa shape index (κ3) is 3.60. The summed E-state index contributed by atoms with van der Waals surface area (Å²) >= 11 is 11.4. The number of aliphatic hydroxyl groups is 1. The molecule has 0 radical (unpaired) electrons. The number of nitrogens with zero attached hydrogens (tertiary/aromatic N) is 1. The summed E-state index contributed by atoms with van der Waals surface area (Å²) in [5.74, 6) is -1.48. The van der Waals surface area contributed by atoms with Gasteiger partial charge in [0.25, 0.3) is 11.8 Å². The Morgan fingerprint density at radius 1 is 1.22 bits per heavy atom. The average Bonchev–Trinajstić information content (AvgIpc) is 2.69. The minimum Gasteiger partial charge on any atom is -0.395 e. The van der Waals surface area contributed by atoms with Crippen molar-refractivity contribution in [2.75, 3.05) is 18.5 Å². The SMILES string of the molecule is O=C1C=C(Nc2cc(Cl)cc(C(F)(F)F)c2Cl)C(=O)N1CCO. The zero-order valence-corrected chi connectivity index (χ0v) is 12.8. The first-order valence-corrected chi connectivity index (χ1v) is 6.92. The Labute approximate surface area is 138 Å². The third-order valence-electron chi connectivity index (χ3n) is 2.95. The van der Waals surface area contributed by atoms with Gasteiger partial charge in [0.05, 0.1) is 29.4 Å². The van der Waals surface area contributed by atoms with E-state index in [9.17, 15) is 22.8 Å². The van der Waals surface area contributed by atoms with E-state index in [0.29, 0.717) is 6.07 Å². The van der Waals surface area contributed by atoms with Crippen molar-refractivity contribution in [1.29, 1.82) is 0 Å². The van der Waals surface area contributed by atoms with Crippen LogP contribution in [-0.4, -0.2) is 35.0 Å². The lowest BCUT2D eigenvalue weighted by Crippen LogP contribution is -2.34. The molecule has 23 heavy (non-hydrogen) atoms. The van der Waals surface area contributed by atoms with Gasteiger partial charge in [-0.15, -0.1) is 0 Å². The lowest BCUT2D eigenvalue weighted by atomic mass is 10.2. The van der Waals surface area contributed by atoms with Gasteiger partial charge in [-0.05, 0) is 12.1 Å². The molecule has 10 heteroatoms. The van der Waals surface area contributed by atoms with Crippen LogP contribution in [0.15, 0.2) is 23.9 Å². The van der Waals surface area contributed by atoms with Gasteiger partial charge in [-0.25, -0.2) is 0 Å². The number of imide groups is 1. The minimum absolute atomic E-state index is 0.226. The fourth-order valence-electron chi connectivity index (χ4n) is 1.94. The van der Waals surface area contributed by atoms with Crippen molar-refractivity contribution in [3.63, 3.8) is 0 Å². The Morgan fingerprint density at radius 3 is 2.43 bits per heavy atom. The molecule has 124 valence electrons. The van der Waals surface area contributed by atoms with Gasteiger partial charge in [0, 0.05) is 11.1 Å². The first-order chi connectivity index (χ1) is 10.6. The Morgan fingerprint density at radius 2 is 1.87 bits per heavy atom. The molecule has 0 bridgehead atoms. The molecule has 0 fully saturated rings. The topological polar surface area (TPSA) is 69.6 Å². The molecule has 0 saturated heterocycles. The summed E-state index contributed by atoms with van der Waals surface area (Å²) in [6.45, 7) is -0.662. The largest absolute Gasteiger partial charge is 0.417 e. The van der Waals surface area contributed by atoms with Gasteiger partial charge < -0.3 is 10.4 Å². The van der Waals surface area contributed by atoms with Crippen molar-refractivity contribution < 1.29 is 27.9 Å². The van der Waals surface area contributed by atoms with Crippen LogP contribution in [0.1, 0.15) is 5.56 Å². The number of carbonyl (C=O) groups excluding carboxylic acids is 2. The number of nitrogens with one attached hydrogen (secondary N) is 1. The smallest absolute Gasteiger partial charge is 0.395 e. The number of rotatable bonds is 4. The van der Waals surface area contributed by atoms with Gasteiger partial charge in [0.2, 0.25) is 0 Å². The number of benzene rings is 1. The first-order valence-electron chi connectivity index (χ1n) is 6.16. The van der Waals surface area contributed by atoms with Crippen molar-refractivity contribution in [3.8, 4) is 0 Å². The maximum atomic E-state index is 12.9. The molecular weight excluding hydrogens is 360 g/mol. The fourth-order valence-corrected chi connectivity index (χ4v) is 2.42. The Kier molecular flexibility index (Phi) is 4.88. The number of aliphatic hydroxyl groups excluding tert-OH is 1. The van der Waals surface area contributed by atoms with Crippen molar-refractivity contribution in [1.82, 2.24) is 4.90 Å². The van der Waals surface area contributed by atoms with E-state index in [1.54, 1.807) is 0 Å². The molecule has 2 amide bonds. The fraction of sp³-hybridized carbons (Fsp3) is 0.231. The minimum atomic E-state index is -4.73. The standard InChI is InChI=1S/C13H9Cl2F3N2O3/c14-6-3-7(13(16,17)18)11(15)8(4-6)19-9-5-10(22)20(1-2-21)12(9)23/h3-5,19,21H,1-2H2. The van der Waals surface area contributed by atoms with Crippen LogP contribution in [0, 0.1) is 0 Å². The molecule has 2 N–H and O–H groups in total. The summed E-state index contributed by atoms with van der Waals surface area (Å²) in [4.78, 5) is 24.3. The monoisotopic (exact) mass is 368 g/mol. The molecule has 0 aliphatic carbocycles. The number of halogens is 5. The van der Waals surface area contributed by atoms with Crippen LogP contribution in [0.5, 0.6) is 0 Å². The van der Waals surface area contributed by atoms with Crippen LogP contribution in [0.2, 0.25) is 10.0 Å². The Hall–Kier alpha value is -1.77. The molecule has 0 unspecified atom stereocenters. The maximum Gasteiger partial charge on any atom is 0.417 e. The van der Waals surface area contributed by atoms with Crippen LogP contribution in [0.4, 0.5) is 18.9 Å². The zero-order chi connectivity index (χ0) is 17.4. The molecule has 5 nitrogen and oxygen atoms in total. The van der Waals surface area contributed by atoms with Crippen LogP contribution in [0.25, 0.3) is 0 Å². The third-order valence-corrected chi connectivity index (χ3v) is 3.57. The summed E-state index contributed by atoms with van der Waals surface area (Å²) < 4.78 is 38.6. The second-order valence-electron chi connectivity index (χ2n) is 4.51. The first kappa shape index (κ1) is 17.6. The number of β-amino-alcohol motifs (C(OH)–C–C–N with tert-alkyl or cyclic N) is 1. The van der Waals surface area contributed by atoms with Crippen LogP contribution in [-0.2, 0) is 15.8 Å². The summed E-state index contributed by atoms with van der Waals surface area (Å²) in [7, 11) is 0. The van der Waals surface area contributed by atoms with Crippen molar-refractivity contribution >= 4 is 40.7 Å². The van der Waals surface area contributed by atoms with E-state index in [0.717, 1.165) is 17.0 Å². The van der Waals surface area contributed by atoms with Crippen LogP contribution < -0.4 is 5.32 Å². The highest BCUT2D eigenvalue weighted by Gasteiger charge is 2.36. The summed E-state index contributed by atoms with van der Waals surface area (Å²) in [5.41, 5.74) is -1.69. The normalized spacial score (nSPS) is 15.2. The van der Waals surface area contributed by atoms with Crippen molar-refractivity contribution in [2.24, 2.45) is 0 Å². The summed E-state index contributed by atoms with van der Waals surface area (Å²) in [5, 5.41) is 10.3. The van der Waals surface area contributed by atoms with E-state index in [1.807, 2.05) is 0 Å². The highest BCUT2D eigenvalue weighted by molar-refractivity contribution is 6.36. The molecule has 0 atom stereocenters. The number of hydrogen-bond donors (Lipinski definition) is 2. The highest BCUT2D eigenvalue weighted by Crippen LogP contribution is 2.41. The predicted octanol–water partition coefficient (Wildman–Crippen LogP) is 2.67. The molecule has 1 aromatic carbocycles. The molecule has 1 aliphatic heterocycles. The predicted molar refractivity (Wildman–Crippen MR) is 77.0 cm³/mol. The van der Waals surface area contributed by atoms with E-state index < -0.39 is 35.2 Å². The lowest BCUT2D eigenvalue weighted by Gasteiger charge is -2.16. The molecule has 1 heterocycles. The van der Waals surface area contributed by atoms with Crippen LogP contribution in [0.3, 0.4) is 0 Å². The van der Waals surface area contributed by atoms with Gasteiger partial charge in [0.15, 0.2) is 0 Å². The second kappa shape index (κ2) is 6.38. The van der Waals surface area contributed by atoms with Gasteiger partial charge >= 0.3 is 6.18 Å². The molecule has 1 aliphatic rings. The highest BCUT2D eigenvalue weighted by atomic mass is 35.5. The second-order valence-corrected chi connectivity index (χ2v) is 5.33. The number of amides is 2. The van der Waals surface area contributed by atoms with E-state index in [1.165, 1.54) is 0 Å².